The number of rotatable bonds is 3. The highest BCUT2D eigenvalue weighted by molar-refractivity contribution is 5.84. The lowest BCUT2D eigenvalue weighted by molar-refractivity contribution is -0.147. The largest absolute Gasteiger partial charge is 0.496 e. The summed E-state index contributed by atoms with van der Waals surface area (Å²) in [5, 5.41) is 9.70. The highest BCUT2D eigenvalue weighted by Gasteiger charge is 2.49. The monoisotopic (exact) mass is 260 g/mol. The van der Waals surface area contributed by atoms with Crippen molar-refractivity contribution in [2.75, 3.05) is 7.11 Å². The predicted octanol–water partition coefficient (Wildman–Crippen LogP) is 3.08. The van der Waals surface area contributed by atoms with E-state index in [4.69, 9.17) is 4.74 Å². The van der Waals surface area contributed by atoms with Crippen LogP contribution >= 0.6 is 0 Å². The van der Waals surface area contributed by atoms with Gasteiger partial charge in [-0.2, -0.15) is 0 Å². The summed E-state index contributed by atoms with van der Waals surface area (Å²) in [5.41, 5.74) is 2.88. The van der Waals surface area contributed by atoms with Crippen molar-refractivity contribution >= 4 is 5.97 Å². The molecule has 1 aromatic carbocycles. The van der Waals surface area contributed by atoms with Crippen LogP contribution in [-0.4, -0.2) is 18.2 Å². The first kappa shape index (κ1) is 12.5. The molecule has 1 N–H and O–H groups in total. The second-order valence-electron chi connectivity index (χ2n) is 5.73. The highest BCUT2D eigenvalue weighted by Crippen LogP contribution is 2.50. The average molecular weight is 260 g/mol. The van der Waals surface area contributed by atoms with Crippen molar-refractivity contribution in [3.8, 4) is 5.75 Å². The number of methoxy groups -OCH3 is 1. The standard InChI is InChI=1S/C16H20O3/c1-19-13-8-7-11-5-2-3-6-12(11)14(13)16(15(17)18)9-4-10-16/h7-8H,2-6,9-10H2,1H3,(H,17,18). The first-order valence-corrected chi connectivity index (χ1v) is 7.12. The maximum absolute atomic E-state index is 11.8. The molecule has 0 bridgehead atoms. The number of carboxylic acids is 1. The number of hydrogen-bond acceptors (Lipinski definition) is 2. The number of hydrogen-bond donors (Lipinski definition) is 1. The van der Waals surface area contributed by atoms with Crippen molar-refractivity contribution in [2.45, 2.75) is 50.4 Å². The number of benzene rings is 1. The average Bonchev–Trinajstić information content (AvgIpc) is 2.37. The van der Waals surface area contributed by atoms with Crippen molar-refractivity contribution in [1.82, 2.24) is 0 Å². The Morgan fingerprint density at radius 2 is 1.95 bits per heavy atom. The lowest BCUT2D eigenvalue weighted by Gasteiger charge is -2.41. The van der Waals surface area contributed by atoms with Gasteiger partial charge in [0.25, 0.3) is 0 Å². The minimum Gasteiger partial charge on any atom is -0.496 e. The van der Waals surface area contributed by atoms with Gasteiger partial charge in [0.2, 0.25) is 0 Å². The number of ether oxygens (including phenoxy) is 1. The first-order valence-electron chi connectivity index (χ1n) is 7.12. The molecule has 2 aliphatic rings. The first-order chi connectivity index (χ1) is 9.19. The molecule has 3 rings (SSSR count). The Balaban J connectivity index is 2.20. The van der Waals surface area contributed by atoms with E-state index in [0.29, 0.717) is 0 Å². The van der Waals surface area contributed by atoms with Gasteiger partial charge in [0.05, 0.1) is 12.5 Å². The van der Waals surface area contributed by atoms with Gasteiger partial charge in [0.1, 0.15) is 5.75 Å². The molecule has 1 aromatic rings. The summed E-state index contributed by atoms with van der Waals surface area (Å²) in [6.45, 7) is 0. The van der Waals surface area contributed by atoms with Crippen molar-refractivity contribution in [1.29, 1.82) is 0 Å². The van der Waals surface area contributed by atoms with Gasteiger partial charge >= 0.3 is 5.97 Å². The summed E-state index contributed by atoms with van der Waals surface area (Å²) in [7, 11) is 1.64. The van der Waals surface area contributed by atoms with Crippen LogP contribution in [0.15, 0.2) is 12.1 Å². The Morgan fingerprint density at radius 1 is 1.21 bits per heavy atom. The molecule has 2 aliphatic carbocycles. The molecular formula is C16H20O3. The van der Waals surface area contributed by atoms with E-state index in [0.717, 1.165) is 49.8 Å². The molecule has 1 fully saturated rings. The molecule has 1 saturated carbocycles. The molecule has 102 valence electrons. The normalized spacial score (nSPS) is 20.3. The van der Waals surface area contributed by atoms with Crippen LogP contribution in [0.1, 0.15) is 48.8 Å². The van der Waals surface area contributed by atoms with Gasteiger partial charge in [-0.05, 0) is 55.7 Å². The van der Waals surface area contributed by atoms with Gasteiger partial charge in [-0.15, -0.1) is 0 Å². The second-order valence-corrected chi connectivity index (χ2v) is 5.73. The predicted molar refractivity (Wildman–Crippen MR) is 72.8 cm³/mol. The summed E-state index contributed by atoms with van der Waals surface area (Å²) >= 11 is 0. The van der Waals surface area contributed by atoms with Crippen molar-refractivity contribution in [3.05, 3.63) is 28.8 Å². The molecule has 19 heavy (non-hydrogen) atoms. The Kier molecular flexibility index (Phi) is 3.00. The van der Waals surface area contributed by atoms with Crippen LogP contribution in [0, 0.1) is 0 Å². The van der Waals surface area contributed by atoms with Crippen LogP contribution in [0.3, 0.4) is 0 Å². The third-order valence-corrected chi connectivity index (χ3v) is 4.81. The van der Waals surface area contributed by atoms with E-state index in [1.165, 1.54) is 17.5 Å². The zero-order valence-corrected chi connectivity index (χ0v) is 11.4. The van der Waals surface area contributed by atoms with E-state index >= 15 is 0 Å². The van der Waals surface area contributed by atoms with E-state index in [1.807, 2.05) is 6.07 Å². The number of aliphatic carboxylic acids is 1. The molecule has 3 heteroatoms. The fourth-order valence-corrected chi connectivity index (χ4v) is 3.60. The third-order valence-electron chi connectivity index (χ3n) is 4.81. The Hall–Kier alpha value is -1.51. The molecule has 0 heterocycles. The molecule has 0 amide bonds. The summed E-state index contributed by atoms with van der Waals surface area (Å²) in [4.78, 5) is 11.8. The lowest BCUT2D eigenvalue weighted by Crippen LogP contribution is -2.43. The molecular weight excluding hydrogens is 240 g/mol. The molecule has 0 aliphatic heterocycles. The smallest absolute Gasteiger partial charge is 0.314 e. The van der Waals surface area contributed by atoms with E-state index in [2.05, 4.69) is 6.07 Å². The van der Waals surface area contributed by atoms with Crippen LogP contribution in [0.2, 0.25) is 0 Å². The fraction of sp³-hybridized carbons (Fsp3) is 0.562. The summed E-state index contributed by atoms with van der Waals surface area (Å²) < 4.78 is 5.48. The minimum atomic E-state index is -0.686. The lowest BCUT2D eigenvalue weighted by atomic mass is 9.62. The molecule has 3 nitrogen and oxygen atoms in total. The molecule has 0 spiro atoms. The van der Waals surface area contributed by atoms with Gasteiger partial charge in [0, 0.05) is 5.56 Å². The Bertz CT molecular complexity index is 515. The molecule has 0 saturated heterocycles. The van der Waals surface area contributed by atoms with Crippen molar-refractivity contribution < 1.29 is 14.6 Å². The second kappa shape index (κ2) is 4.55. The summed E-state index contributed by atoms with van der Waals surface area (Å²) in [6.07, 6.45) is 6.92. The van der Waals surface area contributed by atoms with Crippen LogP contribution in [-0.2, 0) is 23.1 Å². The van der Waals surface area contributed by atoms with Crippen LogP contribution in [0.4, 0.5) is 0 Å². The summed E-state index contributed by atoms with van der Waals surface area (Å²) in [5.74, 6) is 0.0822. The number of fused-ring (bicyclic) bond motifs is 1. The highest BCUT2D eigenvalue weighted by atomic mass is 16.5. The number of aryl methyl sites for hydroxylation is 1. The van der Waals surface area contributed by atoms with Gasteiger partial charge in [-0.25, -0.2) is 0 Å². The van der Waals surface area contributed by atoms with E-state index < -0.39 is 11.4 Å². The SMILES string of the molecule is COc1ccc2c(c1C1(C(=O)O)CCC1)CCCC2. The summed E-state index contributed by atoms with van der Waals surface area (Å²) in [6, 6.07) is 4.08. The molecule has 0 unspecified atom stereocenters. The fourth-order valence-electron chi connectivity index (χ4n) is 3.60. The van der Waals surface area contributed by atoms with Gasteiger partial charge in [-0.3, -0.25) is 4.79 Å². The van der Waals surface area contributed by atoms with Gasteiger partial charge < -0.3 is 9.84 Å². The van der Waals surface area contributed by atoms with Gasteiger partial charge in [-0.1, -0.05) is 12.5 Å². The van der Waals surface area contributed by atoms with Crippen LogP contribution in [0.5, 0.6) is 5.75 Å². The van der Waals surface area contributed by atoms with E-state index in [-0.39, 0.29) is 0 Å². The van der Waals surface area contributed by atoms with E-state index in [9.17, 15) is 9.90 Å². The molecule has 0 atom stereocenters. The van der Waals surface area contributed by atoms with Crippen molar-refractivity contribution in [2.24, 2.45) is 0 Å². The Morgan fingerprint density at radius 3 is 2.53 bits per heavy atom. The van der Waals surface area contributed by atoms with Crippen LogP contribution in [0.25, 0.3) is 0 Å². The van der Waals surface area contributed by atoms with Gasteiger partial charge in [0.15, 0.2) is 0 Å². The maximum atomic E-state index is 11.8. The quantitative estimate of drug-likeness (QED) is 0.908. The third kappa shape index (κ3) is 1.75. The number of carbonyl (C=O) groups is 1. The topological polar surface area (TPSA) is 46.5 Å². The molecule has 0 aromatic heterocycles. The zero-order valence-electron chi connectivity index (χ0n) is 11.4. The zero-order chi connectivity index (χ0) is 13.5. The van der Waals surface area contributed by atoms with Crippen LogP contribution < -0.4 is 4.74 Å². The minimum absolute atomic E-state index is 0.684. The van der Waals surface area contributed by atoms with Crippen molar-refractivity contribution in [3.63, 3.8) is 0 Å². The molecule has 0 radical (unpaired) electrons. The van der Waals surface area contributed by atoms with E-state index in [1.54, 1.807) is 7.11 Å². The Labute approximate surface area is 113 Å². The number of carboxylic acid groups (broad SMARTS) is 1. The maximum Gasteiger partial charge on any atom is 0.314 e.